The molecule has 0 aliphatic carbocycles. The fraction of sp³-hybridized carbons (Fsp3) is 0.0909. The van der Waals surface area contributed by atoms with E-state index in [0.29, 0.717) is 16.6 Å². The smallest absolute Gasteiger partial charge is 0.339 e. The summed E-state index contributed by atoms with van der Waals surface area (Å²) >= 11 is 5.76. The molecule has 1 heterocycles. The van der Waals surface area contributed by atoms with Crippen LogP contribution in [0.5, 0.6) is 0 Å². The normalized spacial score (nSPS) is 10.3. The van der Waals surface area contributed by atoms with E-state index in [1.54, 1.807) is 19.1 Å². The highest BCUT2D eigenvalue weighted by atomic mass is 35.5. The molecule has 2 aromatic rings. The molecule has 0 amide bonds. The maximum absolute atomic E-state index is 11.1. The molecule has 2 rings (SSSR count). The molecule has 1 aromatic heterocycles. The Labute approximate surface area is 91.3 Å². The Hall–Kier alpha value is -1.61. The Kier molecular flexibility index (Phi) is 2.56. The monoisotopic (exact) mass is 221 g/mol. The Morgan fingerprint density at radius 1 is 1.27 bits per heavy atom. The van der Waals surface area contributed by atoms with Gasteiger partial charge in [-0.05, 0) is 12.1 Å². The molecule has 76 valence electrons. The fourth-order valence-electron chi connectivity index (χ4n) is 1.28. The number of nitrogens with zero attached hydrogens (tertiary/aromatic N) is 1. The third-order valence-electron chi connectivity index (χ3n) is 1.92. The van der Waals surface area contributed by atoms with Crippen molar-refractivity contribution in [3.63, 3.8) is 0 Å². The third-order valence-corrected chi connectivity index (χ3v) is 2.17. The molecule has 0 spiro atoms. The molecule has 15 heavy (non-hydrogen) atoms. The summed E-state index contributed by atoms with van der Waals surface area (Å²) in [6.07, 6.45) is 0. The van der Waals surface area contributed by atoms with Gasteiger partial charge in [-0.1, -0.05) is 23.7 Å². The first-order valence-corrected chi connectivity index (χ1v) is 4.78. The van der Waals surface area contributed by atoms with Gasteiger partial charge in [0.05, 0.1) is 11.8 Å². The van der Waals surface area contributed by atoms with Crippen molar-refractivity contribution >= 4 is 11.6 Å². The molecule has 0 bridgehead atoms. The molecule has 0 atom stereocenters. The highest BCUT2D eigenvalue weighted by Crippen LogP contribution is 2.18. The van der Waals surface area contributed by atoms with Gasteiger partial charge >= 0.3 is 5.63 Å². The van der Waals surface area contributed by atoms with Crippen molar-refractivity contribution < 1.29 is 4.42 Å². The molecule has 0 aliphatic heterocycles. The minimum absolute atomic E-state index is 0.354. The Balaban J connectivity index is 2.54. The number of hydrogen-bond acceptors (Lipinski definition) is 3. The lowest BCUT2D eigenvalue weighted by Crippen LogP contribution is -2.01. The molecule has 3 nitrogen and oxygen atoms in total. The topological polar surface area (TPSA) is 43.1 Å². The van der Waals surface area contributed by atoms with Crippen LogP contribution in [0.15, 0.2) is 39.5 Å². The number of aryl methyl sites for hydroxylation is 1. The average molecular weight is 222 g/mol. The lowest BCUT2D eigenvalue weighted by molar-refractivity contribution is 0.458. The van der Waals surface area contributed by atoms with Crippen LogP contribution in [0.3, 0.4) is 0 Å². The van der Waals surface area contributed by atoms with E-state index in [1.165, 1.54) is 6.07 Å². The summed E-state index contributed by atoms with van der Waals surface area (Å²) < 4.78 is 4.77. The minimum atomic E-state index is -0.396. The molecule has 0 fully saturated rings. The SMILES string of the molecule is Cc1nc(-c2ccc(Cl)cc2)cc(=O)o1. The van der Waals surface area contributed by atoms with Crippen LogP contribution in [-0.2, 0) is 0 Å². The van der Waals surface area contributed by atoms with E-state index in [2.05, 4.69) is 4.98 Å². The summed E-state index contributed by atoms with van der Waals surface area (Å²) in [5, 5.41) is 0.651. The van der Waals surface area contributed by atoms with Crippen LogP contribution >= 0.6 is 11.6 Å². The van der Waals surface area contributed by atoms with E-state index >= 15 is 0 Å². The van der Waals surface area contributed by atoms with Gasteiger partial charge in [0.25, 0.3) is 0 Å². The van der Waals surface area contributed by atoms with E-state index in [1.807, 2.05) is 12.1 Å². The summed E-state index contributed by atoms with van der Waals surface area (Å²) in [7, 11) is 0. The Bertz CT molecular complexity index is 531. The zero-order valence-corrected chi connectivity index (χ0v) is 8.78. The van der Waals surface area contributed by atoms with Crippen molar-refractivity contribution in [2.75, 3.05) is 0 Å². The van der Waals surface area contributed by atoms with Crippen molar-refractivity contribution in [3.8, 4) is 11.3 Å². The largest absolute Gasteiger partial charge is 0.409 e. The fourth-order valence-corrected chi connectivity index (χ4v) is 1.41. The van der Waals surface area contributed by atoms with Crippen LogP contribution in [0, 0.1) is 6.92 Å². The predicted molar refractivity (Wildman–Crippen MR) is 58.0 cm³/mol. The zero-order chi connectivity index (χ0) is 10.8. The van der Waals surface area contributed by atoms with Crippen molar-refractivity contribution in [2.45, 2.75) is 6.92 Å². The summed E-state index contributed by atoms with van der Waals surface area (Å²) in [4.78, 5) is 15.2. The summed E-state index contributed by atoms with van der Waals surface area (Å²) in [5.41, 5.74) is 1.04. The van der Waals surface area contributed by atoms with Gasteiger partial charge in [-0.25, -0.2) is 9.78 Å². The molecule has 0 radical (unpaired) electrons. The summed E-state index contributed by atoms with van der Waals surface area (Å²) in [5.74, 6) is 0.354. The summed E-state index contributed by atoms with van der Waals surface area (Å²) in [6.45, 7) is 1.64. The lowest BCUT2D eigenvalue weighted by Gasteiger charge is -2.00. The second-order valence-corrected chi connectivity index (χ2v) is 3.52. The molecule has 0 N–H and O–H groups in total. The molecular weight excluding hydrogens is 214 g/mol. The standard InChI is InChI=1S/C11H8ClNO2/c1-7-13-10(6-11(14)15-7)8-2-4-9(12)5-3-8/h2-6H,1H3. The second kappa shape index (κ2) is 3.87. The first-order valence-electron chi connectivity index (χ1n) is 4.40. The third kappa shape index (κ3) is 2.25. The Morgan fingerprint density at radius 2 is 1.93 bits per heavy atom. The molecule has 0 unspecified atom stereocenters. The molecule has 1 aromatic carbocycles. The van der Waals surface area contributed by atoms with Crippen molar-refractivity contribution in [3.05, 3.63) is 51.7 Å². The number of rotatable bonds is 1. The van der Waals surface area contributed by atoms with Crippen molar-refractivity contribution in [1.29, 1.82) is 0 Å². The van der Waals surface area contributed by atoms with Gasteiger partial charge in [-0.15, -0.1) is 0 Å². The van der Waals surface area contributed by atoms with E-state index in [0.717, 1.165) is 5.56 Å². The van der Waals surface area contributed by atoms with E-state index in [4.69, 9.17) is 16.0 Å². The lowest BCUT2D eigenvalue weighted by atomic mass is 10.1. The highest BCUT2D eigenvalue weighted by Gasteiger charge is 2.02. The quantitative estimate of drug-likeness (QED) is 0.744. The van der Waals surface area contributed by atoms with Crippen LogP contribution in [-0.4, -0.2) is 4.98 Å². The number of benzene rings is 1. The Morgan fingerprint density at radius 3 is 2.53 bits per heavy atom. The van der Waals surface area contributed by atoms with E-state index in [-0.39, 0.29) is 0 Å². The van der Waals surface area contributed by atoms with Crippen LogP contribution in [0.25, 0.3) is 11.3 Å². The maximum Gasteiger partial charge on any atom is 0.339 e. The van der Waals surface area contributed by atoms with Gasteiger partial charge in [0, 0.05) is 17.5 Å². The number of hydrogen-bond donors (Lipinski definition) is 0. The van der Waals surface area contributed by atoms with Gasteiger partial charge in [-0.3, -0.25) is 0 Å². The average Bonchev–Trinajstić information content (AvgIpc) is 2.17. The maximum atomic E-state index is 11.1. The van der Waals surface area contributed by atoms with Gasteiger partial charge in [0.1, 0.15) is 0 Å². The van der Waals surface area contributed by atoms with Gasteiger partial charge in [0.2, 0.25) is 0 Å². The van der Waals surface area contributed by atoms with Gasteiger partial charge < -0.3 is 4.42 Å². The van der Waals surface area contributed by atoms with E-state index in [9.17, 15) is 4.79 Å². The first kappa shape index (κ1) is 9.93. The van der Waals surface area contributed by atoms with E-state index < -0.39 is 5.63 Å². The zero-order valence-electron chi connectivity index (χ0n) is 8.03. The van der Waals surface area contributed by atoms with Crippen LogP contribution in [0.1, 0.15) is 5.89 Å². The number of halogens is 1. The minimum Gasteiger partial charge on any atom is -0.409 e. The molecule has 0 saturated heterocycles. The predicted octanol–water partition coefficient (Wildman–Crippen LogP) is 2.66. The summed E-state index contributed by atoms with van der Waals surface area (Å²) in [6, 6.07) is 8.48. The molecule has 0 saturated carbocycles. The second-order valence-electron chi connectivity index (χ2n) is 3.09. The number of aromatic nitrogens is 1. The van der Waals surface area contributed by atoms with Gasteiger partial charge in [0.15, 0.2) is 5.89 Å². The van der Waals surface area contributed by atoms with Crippen molar-refractivity contribution in [1.82, 2.24) is 4.98 Å². The molecule has 4 heteroatoms. The van der Waals surface area contributed by atoms with Crippen LogP contribution in [0.2, 0.25) is 5.02 Å². The van der Waals surface area contributed by atoms with Crippen LogP contribution in [0.4, 0.5) is 0 Å². The highest BCUT2D eigenvalue weighted by molar-refractivity contribution is 6.30. The van der Waals surface area contributed by atoms with Crippen LogP contribution < -0.4 is 5.63 Å². The van der Waals surface area contributed by atoms with Crippen molar-refractivity contribution in [2.24, 2.45) is 0 Å². The first-order chi connectivity index (χ1) is 7.15. The van der Waals surface area contributed by atoms with Gasteiger partial charge in [-0.2, -0.15) is 0 Å². The molecule has 0 aliphatic rings. The molecular formula is C11H8ClNO2.